The number of aliphatic imine (C=N–C) groups is 1. The number of methoxy groups -OCH3 is 2. The van der Waals surface area contributed by atoms with Gasteiger partial charge in [0.05, 0.1) is 44.1 Å². The Morgan fingerprint density at radius 2 is 1.98 bits per heavy atom. The number of amides is 1. The number of hydrogen-bond acceptors (Lipinski definition) is 9. The second-order valence-electron chi connectivity index (χ2n) is 9.68. The molecule has 1 amide bonds. The van der Waals surface area contributed by atoms with E-state index in [1.807, 2.05) is 52.8 Å². The van der Waals surface area contributed by atoms with E-state index in [9.17, 15) is 9.59 Å². The summed E-state index contributed by atoms with van der Waals surface area (Å²) in [5.74, 6) is 0.575. The van der Waals surface area contributed by atoms with Crippen molar-refractivity contribution >= 4 is 28.8 Å². The largest absolute Gasteiger partial charge is 0.497 e. The van der Waals surface area contributed by atoms with E-state index in [4.69, 9.17) is 23.9 Å². The Bertz CT molecular complexity index is 1350. The highest BCUT2D eigenvalue weighted by Gasteiger charge is 2.42. The maximum atomic E-state index is 13.7. The molecule has 2 atom stereocenters. The molecule has 2 aromatic rings. The van der Waals surface area contributed by atoms with Crippen LogP contribution in [0.1, 0.15) is 43.4 Å². The SMILES string of the molecule is COc1ccc(OC)c([C@H]2C(C(=O)OCc3ccccc3)=C(C)N=C3SC=C(CC(=O)NC[C@@H]4CCCO4)N32)c1. The Balaban J connectivity index is 1.46. The van der Waals surface area contributed by atoms with Crippen LogP contribution in [-0.4, -0.2) is 55.4 Å². The fourth-order valence-electron chi connectivity index (χ4n) is 5.04. The van der Waals surface area contributed by atoms with Crippen LogP contribution in [0, 0.1) is 0 Å². The lowest BCUT2D eigenvalue weighted by Crippen LogP contribution is -2.39. The number of allylic oxidation sites excluding steroid dienone is 1. The van der Waals surface area contributed by atoms with Crippen LogP contribution in [0.4, 0.5) is 0 Å². The van der Waals surface area contributed by atoms with Crippen molar-refractivity contribution in [1.82, 2.24) is 10.2 Å². The third kappa shape index (κ3) is 6.03. The number of rotatable bonds is 10. The molecule has 2 aromatic carbocycles. The van der Waals surface area contributed by atoms with Crippen LogP contribution in [0.3, 0.4) is 0 Å². The van der Waals surface area contributed by atoms with E-state index < -0.39 is 12.0 Å². The van der Waals surface area contributed by atoms with Crippen molar-refractivity contribution in [3.05, 3.63) is 82.0 Å². The van der Waals surface area contributed by atoms with E-state index in [2.05, 4.69) is 5.32 Å². The molecule has 3 aliphatic rings. The van der Waals surface area contributed by atoms with E-state index in [0.717, 1.165) is 30.7 Å². The number of amidine groups is 1. The first-order valence-electron chi connectivity index (χ1n) is 13.2. The van der Waals surface area contributed by atoms with Crippen LogP contribution < -0.4 is 14.8 Å². The van der Waals surface area contributed by atoms with Crippen molar-refractivity contribution in [3.8, 4) is 11.5 Å². The number of esters is 1. The second kappa shape index (κ2) is 12.6. The lowest BCUT2D eigenvalue weighted by molar-refractivity contribution is -0.141. The minimum Gasteiger partial charge on any atom is -0.497 e. The van der Waals surface area contributed by atoms with Crippen LogP contribution >= 0.6 is 11.8 Å². The molecule has 3 heterocycles. The Labute approximate surface area is 238 Å². The molecule has 5 rings (SSSR count). The fourth-order valence-corrected chi connectivity index (χ4v) is 6.00. The van der Waals surface area contributed by atoms with E-state index >= 15 is 0 Å². The average Bonchev–Trinajstić information content (AvgIpc) is 3.64. The molecule has 1 N–H and O–H groups in total. The van der Waals surface area contributed by atoms with Crippen molar-refractivity contribution in [2.75, 3.05) is 27.4 Å². The number of hydrogen-bond donors (Lipinski definition) is 1. The van der Waals surface area contributed by atoms with Crippen molar-refractivity contribution in [2.24, 2.45) is 4.99 Å². The number of fused-ring (bicyclic) bond motifs is 1. The van der Waals surface area contributed by atoms with Crippen molar-refractivity contribution in [3.63, 3.8) is 0 Å². The van der Waals surface area contributed by atoms with Crippen LogP contribution in [0.5, 0.6) is 11.5 Å². The minimum atomic E-state index is -0.645. The molecule has 0 unspecified atom stereocenters. The standard InChI is InChI=1S/C30H33N3O6S/c1-19-27(29(35)39-17-20-8-5-4-6-9-20)28(24-15-22(36-2)11-12-25(24)37-3)33-21(18-40-30(33)32-19)14-26(34)31-16-23-10-7-13-38-23/h4-6,8-9,11-12,15,18,23,28H,7,10,13-14,16-17H2,1-3H3,(H,31,34)/t23-,28-/m0/s1. The summed E-state index contributed by atoms with van der Waals surface area (Å²) in [5, 5.41) is 5.58. The molecule has 0 bridgehead atoms. The monoisotopic (exact) mass is 563 g/mol. The first-order valence-corrected chi connectivity index (χ1v) is 14.1. The number of benzene rings is 2. The summed E-state index contributed by atoms with van der Waals surface area (Å²) in [4.78, 5) is 33.4. The molecule has 0 radical (unpaired) electrons. The summed E-state index contributed by atoms with van der Waals surface area (Å²) in [6, 6.07) is 14.3. The van der Waals surface area contributed by atoms with E-state index in [1.165, 1.54) is 11.8 Å². The molecule has 0 saturated carbocycles. The number of carbonyl (C=O) groups excluding carboxylic acids is 2. The van der Waals surface area contributed by atoms with Gasteiger partial charge in [0.2, 0.25) is 5.91 Å². The predicted octanol–water partition coefficient (Wildman–Crippen LogP) is 4.71. The molecule has 3 aliphatic heterocycles. The highest BCUT2D eigenvalue weighted by Crippen LogP contribution is 2.47. The van der Waals surface area contributed by atoms with Gasteiger partial charge in [-0.25, -0.2) is 9.79 Å². The van der Waals surface area contributed by atoms with Crippen LogP contribution in [0.15, 0.2) is 75.9 Å². The normalized spacial score (nSPS) is 20.0. The zero-order valence-corrected chi connectivity index (χ0v) is 23.7. The summed E-state index contributed by atoms with van der Waals surface area (Å²) < 4.78 is 22.7. The number of nitrogens with zero attached hydrogens (tertiary/aromatic N) is 2. The third-order valence-corrected chi connectivity index (χ3v) is 7.95. The Morgan fingerprint density at radius 1 is 1.15 bits per heavy atom. The molecule has 1 saturated heterocycles. The number of carbonyl (C=O) groups is 2. The van der Waals surface area contributed by atoms with Gasteiger partial charge in [-0.2, -0.15) is 0 Å². The zero-order chi connectivity index (χ0) is 28.1. The van der Waals surface area contributed by atoms with E-state index in [1.54, 1.807) is 27.2 Å². The Hall–Kier alpha value is -3.76. The molecule has 10 heteroatoms. The predicted molar refractivity (Wildman–Crippen MR) is 153 cm³/mol. The molecule has 9 nitrogen and oxygen atoms in total. The lowest BCUT2D eigenvalue weighted by atomic mass is 9.92. The lowest BCUT2D eigenvalue weighted by Gasteiger charge is -2.37. The first-order chi connectivity index (χ1) is 19.5. The third-order valence-electron chi connectivity index (χ3n) is 7.06. The first kappa shape index (κ1) is 27.8. The fraction of sp³-hybridized carbons (Fsp3) is 0.367. The molecule has 40 heavy (non-hydrogen) atoms. The molecular weight excluding hydrogens is 530 g/mol. The summed E-state index contributed by atoms with van der Waals surface area (Å²) in [6.07, 6.45) is 2.12. The summed E-state index contributed by atoms with van der Waals surface area (Å²) in [7, 11) is 3.17. The molecule has 0 spiro atoms. The maximum absolute atomic E-state index is 13.7. The quantitative estimate of drug-likeness (QED) is 0.415. The highest BCUT2D eigenvalue weighted by molar-refractivity contribution is 8.16. The van der Waals surface area contributed by atoms with Crippen LogP contribution in [0.25, 0.3) is 0 Å². The topological polar surface area (TPSA) is 98.7 Å². The van der Waals surface area contributed by atoms with Gasteiger partial charge in [-0.3, -0.25) is 4.79 Å². The van der Waals surface area contributed by atoms with E-state index in [0.29, 0.717) is 40.0 Å². The van der Waals surface area contributed by atoms with Crippen molar-refractivity contribution in [2.45, 2.75) is 44.9 Å². The van der Waals surface area contributed by atoms with Gasteiger partial charge in [0.15, 0.2) is 5.17 Å². The highest BCUT2D eigenvalue weighted by atomic mass is 32.2. The number of ether oxygens (including phenoxy) is 4. The molecule has 210 valence electrons. The number of nitrogens with one attached hydrogen (secondary N) is 1. The van der Waals surface area contributed by atoms with Crippen molar-refractivity contribution in [1.29, 1.82) is 0 Å². The summed E-state index contributed by atoms with van der Waals surface area (Å²) in [6.45, 7) is 3.13. The summed E-state index contributed by atoms with van der Waals surface area (Å²) >= 11 is 1.42. The van der Waals surface area contributed by atoms with Gasteiger partial charge < -0.3 is 29.2 Å². The second-order valence-corrected chi connectivity index (χ2v) is 10.5. The maximum Gasteiger partial charge on any atom is 0.338 e. The van der Waals surface area contributed by atoms with Gasteiger partial charge in [-0.05, 0) is 48.9 Å². The van der Waals surface area contributed by atoms with Gasteiger partial charge in [0.25, 0.3) is 0 Å². The zero-order valence-electron chi connectivity index (χ0n) is 22.8. The summed E-state index contributed by atoms with van der Waals surface area (Å²) in [5.41, 5.74) is 3.23. The smallest absolute Gasteiger partial charge is 0.338 e. The van der Waals surface area contributed by atoms with Crippen molar-refractivity contribution < 1.29 is 28.5 Å². The molecule has 0 aliphatic carbocycles. The van der Waals surface area contributed by atoms with E-state index in [-0.39, 0.29) is 25.0 Å². The van der Waals surface area contributed by atoms with Gasteiger partial charge in [0.1, 0.15) is 18.1 Å². The Kier molecular flexibility index (Phi) is 8.76. The van der Waals surface area contributed by atoms with Gasteiger partial charge in [0, 0.05) is 24.4 Å². The average molecular weight is 564 g/mol. The van der Waals surface area contributed by atoms with Crippen LogP contribution in [0.2, 0.25) is 0 Å². The molecule has 1 fully saturated rings. The van der Waals surface area contributed by atoms with Gasteiger partial charge in [-0.15, -0.1) is 0 Å². The Morgan fingerprint density at radius 3 is 2.70 bits per heavy atom. The van der Waals surface area contributed by atoms with Gasteiger partial charge >= 0.3 is 5.97 Å². The molecule has 0 aromatic heterocycles. The van der Waals surface area contributed by atoms with Gasteiger partial charge in [-0.1, -0.05) is 42.1 Å². The number of thioether (sulfide) groups is 1. The molecular formula is C30H33N3O6S. The van der Waals surface area contributed by atoms with Crippen LogP contribution in [-0.2, 0) is 25.7 Å². The minimum absolute atomic E-state index is 0.0494.